The summed E-state index contributed by atoms with van der Waals surface area (Å²) in [5, 5.41) is 3.58. The molecule has 1 N–H and O–H groups in total. The molecule has 0 heterocycles. The lowest BCUT2D eigenvalue weighted by Crippen LogP contribution is -2.21. The third-order valence-electron chi connectivity index (χ3n) is 5.02. The summed E-state index contributed by atoms with van der Waals surface area (Å²) < 4.78 is 5.57. The summed E-state index contributed by atoms with van der Waals surface area (Å²) in [6.07, 6.45) is 0. The Morgan fingerprint density at radius 1 is 1.00 bits per heavy atom. The smallest absolute Gasteiger partial charge is 0.253 e. The van der Waals surface area contributed by atoms with Gasteiger partial charge in [-0.1, -0.05) is 48.5 Å². The van der Waals surface area contributed by atoms with E-state index < -0.39 is 0 Å². The first-order valence-corrected chi connectivity index (χ1v) is 9.77. The molecule has 150 valence electrons. The summed E-state index contributed by atoms with van der Waals surface area (Å²) in [6, 6.07) is 24.6. The van der Waals surface area contributed by atoms with E-state index in [2.05, 4.69) is 48.6 Å². The lowest BCUT2D eigenvalue weighted by Gasteiger charge is -2.16. The highest BCUT2D eigenvalue weighted by molar-refractivity contribution is 5.94. The van der Waals surface area contributed by atoms with Gasteiger partial charge < -0.3 is 15.0 Å². The first-order chi connectivity index (χ1) is 14.0. The Morgan fingerprint density at radius 3 is 2.31 bits per heavy atom. The number of nitrogens with one attached hydrogen (secondary N) is 1. The molecular formula is C25H28N2O2. The summed E-state index contributed by atoms with van der Waals surface area (Å²) in [6.45, 7) is 2.92. The van der Waals surface area contributed by atoms with Crippen molar-refractivity contribution in [3.05, 3.63) is 89.5 Å². The summed E-state index contributed by atoms with van der Waals surface area (Å²) in [4.78, 5) is 13.7. The van der Waals surface area contributed by atoms with E-state index in [0.29, 0.717) is 5.56 Å². The second-order valence-corrected chi connectivity index (χ2v) is 7.32. The van der Waals surface area contributed by atoms with Crippen LogP contribution in [0.4, 0.5) is 0 Å². The summed E-state index contributed by atoms with van der Waals surface area (Å²) in [5.41, 5.74) is 5.16. The van der Waals surface area contributed by atoms with Crippen molar-refractivity contribution in [2.75, 3.05) is 21.2 Å². The molecule has 0 aliphatic carbocycles. The van der Waals surface area contributed by atoms with Crippen molar-refractivity contribution in [3.63, 3.8) is 0 Å². The summed E-state index contributed by atoms with van der Waals surface area (Å²) >= 11 is 0. The Hall–Kier alpha value is -3.11. The SMILES string of the molecule is COc1ccc(CN[C@H](C)c2ccccc2)cc1-c1ccc(C(=O)N(C)C)cc1. The number of carbonyl (C=O) groups is 1. The quantitative estimate of drug-likeness (QED) is 0.625. The highest BCUT2D eigenvalue weighted by atomic mass is 16.5. The minimum atomic E-state index is -0.00337. The van der Waals surface area contributed by atoms with Gasteiger partial charge in [0.05, 0.1) is 7.11 Å². The van der Waals surface area contributed by atoms with Gasteiger partial charge in [-0.3, -0.25) is 4.79 Å². The van der Waals surface area contributed by atoms with Gasteiger partial charge in [-0.15, -0.1) is 0 Å². The molecule has 0 saturated heterocycles. The number of methoxy groups -OCH3 is 1. The van der Waals surface area contributed by atoms with E-state index >= 15 is 0 Å². The van der Waals surface area contributed by atoms with Crippen molar-refractivity contribution in [2.24, 2.45) is 0 Å². The fourth-order valence-corrected chi connectivity index (χ4v) is 3.27. The Morgan fingerprint density at radius 2 is 1.69 bits per heavy atom. The maximum atomic E-state index is 12.1. The molecule has 0 unspecified atom stereocenters. The highest BCUT2D eigenvalue weighted by Gasteiger charge is 2.11. The molecule has 0 saturated carbocycles. The predicted molar refractivity (Wildman–Crippen MR) is 118 cm³/mol. The van der Waals surface area contributed by atoms with E-state index in [1.807, 2.05) is 36.4 Å². The lowest BCUT2D eigenvalue weighted by atomic mass is 10.00. The minimum absolute atomic E-state index is 0.00337. The Bertz CT molecular complexity index is 950. The van der Waals surface area contributed by atoms with Crippen LogP contribution in [0.3, 0.4) is 0 Å². The van der Waals surface area contributed by atoms with Crippen molar-refractivity contribution in [1.82, 2.24) is 10.2 Å². The molecular weight excluding hydrogens is 360 g/mol. The number of rotatable bonds is 7. The molecule has 0 bridgehead atoms. The average Bonchev–Trinajstić information content (AvgIpc) is 2.77. The fraction of sp³-hybridized carbons (Fsp3) is 0.240. The second kappa shape index (κ2) is 9.39. The summed E-state index contributed by atoms with van der Waals surface area (Å²) in [7, 11) is 5.19. The monoisotopic (exact) mass is 388 g/mol. The number of ether oxygens (including phenoxy) is 1. The van der Waals surface area contributed by atoms with Gasteiger partial charge in [0.15, 0.2) is 0 Å². The maximum absolute atomic E-state index is 12.1. The van der Waals surface area contributed by atoms with Crippen molar-refractivity contribution in [1.29, 1.82) is 0 Å². The Balaban J connectivity index is 1.79. The van der Waals surface area contributed by atoms with Crippen molar-refractivity contribution >= 4 is 5.91 Å². The normalized spacial score (nSPS) is 11.7. The maximum Gasteiger partial charge on any atom is 0.253 e. The van der Waals surface area contributed by atoms with Gasteiger partial charge in [0.2, 0.25) is 0 Å². The van der Waals surface area contributed by atoms with Gasteiger partial charge in [-0.2, -0.15) is 0 Å². The van der Waals surface area contributed by atoms with Crippen LogP contribution >= 0.6 is 0 Å². The molecule has 1 atom stereocenters. The van der Waals surface area contributed by atoms with E-state index in [0.717, 1.165) is 23.4 Å². The van der Waals surface area contributed by atoms with E-state index in [4.69, 9.17) is 4.74 Å². The molecule has 0 fully saturated rings. The number of hydrogen-bond donors (Lipinski definition) is 1. The number of benzene rings is 3. The van der Waals surface area contributed by atoms with Crippen LogP contribution in [-0.4, -0.2) is 32.0 Å². The van der Waals surface area contributed by atoms with E-state index in [9.17, 15) is 4.79 Å². The van der Waals surface area contributed by atoms with Crippen LogP contribution in [-0.2, 0) is 6.54 Å². The molecule has 3 aromatic rings. The standard InChI is InChI=1S/C25H28N2O2/c1-18(20-8-6-5-7-9-20)26-17-19-10-15-24(29-4)23(16-19)21-11-13-22(14-12-21)25(28)27(2)3/h5-16,18,26H,17H2,1-4H3/t18-/m1/s1. The Kier molecular flexibility index (Phi) is 6.68. The van der Waals surface area contributed by atoms with Gasteiger partial charge in [0, 0.05) is 37.8 Å². The van der Waals surface area contributed by atoms with Crippen molar-refractivity contribution < 1.29 is 9.53 Å². The minimum Gasteiger partial charge on any atom is -0.496 e. The first-order valence-electron chi connectivity index (χ1n) is 9.77. The molecule has 4 heteroatoms. The highest BCUT2D eigenvalue weighted by Crippen LogP contribution is 2.31. The second-order valence-electron chi connectivity index (χ2n) is 7.32. The molecule has 29 heavy (non-hydrogen) atoms. The van der Waals surface area contributed by atoms with E-state index in [-0.39, 0.29) is 11.9 Å². The molecule has 3 aromatic carbocycles. The Labute approximate surface area is 173 Å². The van der Waals surface area contributed by atoms with Gasteiger partial charge in [0.1, 0.15) is 5.75 Å². The van der Waals surface area contributed by atoms with E-state index in [1.165, 1.54) is 11.1 Å². The van der Waals surface area contributed by atoms with Gasteiger partial charge >= 0.3 is 0 Å². The molecule has 0 aliphatic rings. The molecule has 0 radical (unpaired) electrons. The molecule has 0 spiro atoms. The third-order valence-corrected chi connectivity index (χ3v) is 5.02. The van der Waals surface area contributed by atoms with Gasteiger partial charge in [-0.05, 0) is 47.9 Å². The van der Waals surface area contributed by atoms with Crippen LogP contribution in [0.2, 0.25) is 0 Å². The zero-order valence-electron chi connectivity index (χ0n) is 17.5. The zero-order valence-corrected chi connectivity index (χ0v) is 17.5. The molecule has 0 aromatic heterocycles. The summed E-state index contributed by atoms with van der Waals surface area (Å²) in [5.74, 6) is 0.813. The number of carbonyl (C=O) groups excluding carboxylic acids is 1. The molecule has 0 aliphatic heterocycles. The van der Waals surface area contributed by atoms with Crippen LogP contribution in [0.1, 0.15) is 34.5 Å². The van der Waals surface area contributed by atoms with Crippen LogP contribution in [0.25, 0.3) is 11.1 Å². The molecule has 1 amide bonds. The number of hydrogen-bond acceptors (Lipinski definition) is 3. The van der Waals surface area contributed by atoms with E-state index in [1.54, 1.807) is 26.1 Å². The topological polar surface area (TPSA) is 41.6 Å². The third kappa shape index (κ3) is 5.04. The lowest BCUT2D eigenvalue weighted by molar-refractivity contribution is 0.0827. The van der Waals surface area contributed by atoms with Crippen molar-refractivity contribution in [2.45, 2.75) is 19.5 Å². The van der Waals surface area contributed by atoms with Crippen LogP contribution < -0.4 is 10.1 Å². The largest absolute Gasteiger partial charge is 0.496 e. The average molecular weight is 389 g/mol. The molecule has 4 nitrogen and oxygen atoms in total. The molecule has 3 rings (SSSR count). The fourth-order valence-electron chi connectivity index (χ4n) is 3.27. The van der Waals surface area contributed by atoms with Crippen LogP contribution in [0.15, 0.2) is 72.8 Å². The van der Waals surface area contributed by atoms with Crippen LogP contribution in [0.5, 0.6) is 5.75 Å². The van der Waals surface area contributed by atoms with Crippen LogP contribution in [0, 0.1) is 0 Å². The zero-order chi connectivity index (χ0) is 20.8. The predicted octanol–water partition coefficient (Wildman–Crippen LogP) is 4.91. The van der Waals surface area contributed by atoms with Crippen molar-refractivity contribution in [3.8, 4) is 16.9 Å². The first kappa shape index (κ1) is 20.6. The number of nitrogens with zero attached hydrogens (tertiary/aromatic N) is 1. The van der Waals surface area contributed by atoms with Gasteiger partial charge in [0.25, 0.3) is 5.91 Å². The van der Waals surface area contributed by atoms with Gasteiger partial charge in [-0.25, -0.2) is 0 Å². The number of amides is 1.